The van der Waals surface area contributed by atoms with Gasteiger partial charge in [-0.25, -0.2) is 4.98 Å². The van der Waals surface area contributed by atoms with E-state index in [1.54, 1.807) is 0 Å². The van der Waals surface area contributed by atoms with Crippen molar-refractivity contribution in [1.82, 2.24) is 9.55 Å². The van der Waals surface area contributed by atoms with Gasteiger partial charge in [-0.15, -0.1) is 0 Å². The normalized spacial score (nSPS) is 40.9. The largest absolute Gasteiger partial charge is 0.327 e. The molecular formula is C16H25N3. The number of hydrogen-bond donors (Lipinski definition) is 1. The van der Waals surface area contributed by atoms with E-state index in [4.69, 9.17) is 5.73 Å². The van der Waals surface area contributed by atoms with Crippen molar-refractivity contribution in [2.45, 2.75) is 63.5 Å². The molecule has 1 heterocycles. The highest BCUT2D eigenvalue weighted by atomic mass is 15.1. The first-order valence-electron chi connectivity index (χ1n) is 7.78. The first kappa shape index (κ1) is 12.0. The molecule has 2 N–H and O–H groups in total. The van der Waals surface area contributed by atoms with Crippen LogP contribution in [0.5, 0.6) is 0 Å². The maximum atomic E-state index is 6.36. The Balaban J connectivity index is 1.78. The summed E-state index contributed by atoms with van der Waals surface area (Å²) in [4.78, 5) is 4.43. The highest BCUT2D eigenvalue weighted by Crippen LogP contribution is 2.59. The molecule has 104 valence electrons. The fourth-order valence-electron chi connectivity index (χ4n) is 5.51. The minimum Gasteiger partial charge on any atom is -0.327 e. The summed E-state index contributed by atoms with van der Waals surface area (Å²) in [6.07, 6.45) is 12.6. The van der Waals surface area contributed by atoms with Gasteiger partial charge < -0.3 is 10.3 Å². The van der Waals surface area contributed by atoms with Crippen molar-refractivity contribution in [3.05, 3.63) is 18.2 Å². The van der Waals surface area contributed by atoms with Crippen LogP contribution in [0.2, 0.25) is 0 Å². The molecule has 4 fully saturated rings. The molecule has 0 amide bonds. The average Bonchev–Trinajstić information content (AvgIpc) is 2.75. The molecule has 0 unspecified atom stereocenters. The fourth-order valence-corrected chi connectivity index (χ4v) is 5.51. The monoisotopic (exact) mass is 259 g/mol. The van der Waals surface area contributed by atoms with Crippen LogP contribution in [0.25, 0.3) is 0 Å². The lowest BCUT2D eigenvalue weighted by molar-refractivity contribution is -0.0454. The number of nitrogens with zero attached hydrogens (tertiary/aromatic N) is 2. The van der Waals surface area contributed by atoms with E-state index in [1.165, 1.54) is 44.2 Å². The van der Waals surface area contributed by atoms with Gasteiger partial charge in [0.15, 0.2) is 0 Å². The van der Waals surface area contributed by atoms with E-state index in [2.05, 4.69) is 29.7 Å². The Morgan fingerprint density at radius 3 is 2.16 bits per heavy atom. The van der Waals surface area contributed by atoms with Crippen LogP contribution in [0.3, 0.4) is 0 Å². The quantitative estimate of drug-likeness (QED) is 0.887. The molecule has 4 aliphatic rings. The molecule has 0 spiro atoms. The van der Waals surface area contributed by atoms with Crippen molar-refractivity contribution in [2.75, 3.05) is 0 Å². The Morgan fingerprint density at radius 2 is 1.68 bits per heavy atom. The maximum absolute atomic E-state index is 6.36. The van der Waals surface area contributed by atoms with Gasteiger partial charge in [0, 0.05) is 5.54 Å². The topological polar surface area (TPSA) is 43.8 Å². The molecule has 5 rings (SSSR count). The third kappa shape index (κ3) is 1.70. The van der Waals surface area contributed by atoms with Crippen LogP contribution in [0.15, 0.2) is 12.5 Å². The Bertz CT molecular complexity index is 459. The standard InChI is InChI=1S/C16H25N3/c1-15(2,17)14-9-18-10-19(14)16-6-11-3-12(7-16)5-13(4-11)8-16/h9-13H,3-8,17H2,1-2H3. The van der Waals surface area contributed by atoms with Crippen molar-refractivity contribution in [1.29, 1.82) is 0 Å². The van der Waals surface area contributed by atoms with Gasteiger partial charge in [0.1, 0.15) is 0 Å². The molecule has 1 aromatic heterocycles. The number of aromatic nitrogens is 2. The molecule has 3 heteroatoms. The summed E-state index contributed by atoms with van der Waals surface area (Å²) >= 11 is 0. The molecule has 0 saturated heterocycles. The van der Waals surface area contributed by atoms with Crippen molar-refractivity contribution < 1.29 is 0 Å². The molecule has 1 aromatic rings. The van der Waals surface area contributed by atoms with E-state index < -0.39 is 0 Å². The maximum Gasteiger partial charge on any atom is 0.0954 e. The molecule has 0 aliphatic heterocycles. The summed E-state index contributed by atoms with van der Waals surface area (Å²) in [7, 11) is 0. The summed E-state index contributed by atoms with van der Waals surface area (Å²) in [5, 5.41) is 0. The second kappa shape index (κ2) is 3.63. The zero-order chi connectivity index (χ0) is 13.3. The zero-order valence-electron chi connectivity index (χ0n) is 12.1. The van der Waals surface area contributed by atoms with Crippen molar-refractivity contribution in [2.24, 2.45) is 23.5 Å². The number of imidazole rings is 1. The Hall–Kier alpha value is -0.830. The fraction of sp³-hybridized carbons (Fsp3) is 0.812. The molecule has 4 bridgehead atoms. The minimum atomic E-state index is -0.292. The van der Waals surface area contributed by atoms with Gasteiger partial charge in [-0.05, 0) is 70.1 Å². The smallest absolute Gasteiger partial charge is 0.0954 e. The van der Waals surface area contributed by atoms with Crippen LogP contribution in [0.1, 0.15) is 58.1 Å². The summed E-state index contributed by atoms with van der Waals surface area (Å²) < 4.78 is 2.47. The van der Waals surface area contributed by atoms with Crippen LogP contribution < -0.4 is 5.73 Å². The molecule has 0 atom stereocenters. The first-order valence-corrected chi connectivity index (χ1v) is 7.78. The van der Waals surface area contributed by atoms with Gasteiger partial charge in [0.2, 0.25) is 0 Å². The third-order valence-corrected chi connectivity index (χ3v) is 5.82. The number of nitrogens with two attached hydrogens (primary N) is 1. The second-order valence-electron chi connectivity index (χ2n) is 8.01. The van der Waals surface area contributed by atoms with Crippen LogP contribution in [0.4, 0.5) is 0 Å². The molecule has 0 aromatic carbocycles. The summed E-state index contributed by atoms with van der Waals surface area (Å²) in [6, 6.07) is 0. The van der Waals surface area contributed by atoms with Crippen LogP contribution in [-0.4, -0.2) is 9.55 Å². The highest BCUT2D eigenvalue weighted by Gasteiger charge is 2.52. The van der Waals surface area contributed by atoms with Gasteiger partial charge in [-0.1, -0.05) is 0 Å². The van der Waals surface area contributed by atoms with E-state index in [1.807, 2.05) is 6.20 Å². The Labute approximate surface area is 115 Å². The Kier molecular flexibility index (Phi) is 2.28. The van der Waals surface area contributed by atoms with Gasteiger partial charge >= 0.3 is 0 Å². The summed E-state index contributed by atoms with van der Waals surface area (Å²) in [5.74, 6) is 2.88. The van der Waals surface area contributed by atoms with Gasteiger partial charge in [-0.3, -0.25) is 0 Å². The van der Waals surface area contributed by atoms with E-state index in [-0.39, 0.29) is 5.54 Å². The second-order valence-corrected chi connectivity index (χ2v) is 8.01. The molecule has 19 heavy (non-hydrogen) atoms. The molecule has 4 aliphatic carbocycles. The number of hydrogen-bond acceptors (Lipinski definition) is 2. The van der Waals surface area contributed by atoms with Gasteiger partial charge in [-0.2, -0.15) is 0 Å². The van der Waals surface area contributed by atoms with Crippen molar-refractivity contribution >= 4 is 0 Å². The lowest BCUT2D eigenvalue weighted by Crippen LogP contribution is -2.53. The van der Waals surface area contributed by atoms with Crippen molar-refractivity contribution in [3.63, 3.8) is 0 Å². The van der Waals surface area contributed by atoms with E-state index in [9.17, 15) is 0 Å². The lowest BCUT2D eigenvalue weighted by Gasteiger charge is -2.57. The third-order valence-electron chi connectivity index (χ3n) is 5.82. The van der Waals surface area contributed by atoms with E-state index in [0.717, 1.165) is 17.8 Å². The van der Waals surface area contributed by atoms with Crippen LogP contribution >= 0.6 is 0 Å². The summed E-state index contributed by atoms with van der Waals surface area (Å²) in [5.41, 5.74) is 7.63. The Morgan fingerprint density at radius 1 is 1.16 bits per heavy atom. The lowest BCUT2D eigenvalue weighted by atomic mass is 9.53. The van der Waals surface area contributed by atoms with Crippen LogP contribution in [-0.2, 0) is 11.1 Å². The first-order chi connectivity index (χ1) is 8.96. The van der Waals surface area contributed by atoms with Crippen LogP contribution in [0, 0.1) is 17.8 Å². The molecule has 3 nitrogen and oxygen atoms in total. The minimum absolute atomic E-state index is 0.292. The predicted molar refractivity (Wildman–Crippen MR) is 75.6 cm³/mol. The van der Waals surface area contributed by atoms with Gasteiger partial charge in [0.05, 0.1) is 23.8 Å². The predicted octanol–water partition coefficient (Wildman–Crippen LogP) is 3.00. The van der Waals surface area contributed by atoms with E-state index in [0.29, 0.717) is 5.54 Å². The molecular weight excluding hydrogens is 234 g/mol. The van der Waals surface area contributed by atoms with Crippen molar-refractivity contribution in [3.8, 4) is 0 Å². The highest BCUT2D eigenvalue weighted by molar-refractivity contribution is 5.16. The van der Waals surface area contributed by atoms with E-state index >= 15 is 0 Å². The SMILES string of the molecule is CC(C)(N)c1cncn1C12CC3CC(CC(C3)C1)C2. The average molecular weight is 259 g/mol. The number of rotatable bonds is 2. The van der Waals surface area contributed by atoms with Gasteiger partial charge in [0.25, 0.3) is 0 Å². The molecule has 4 saturated carbocycles. The summed E-state index contributed by atoms with van der Waals surface area (Å²) in [6.45, 7) is 4.20. The molecule has 0 radical (unpaired) electrons. The zero-order valence-corrected chi connectivity index (χ0v) is 12.1.